The van der Waals surface area contributed by atoms with Crippen LogP contribution in [0.1, 0.15) is 67.8 Å². The fraction of sp³-hybridized carbons (Fsp3) is 0.474. The van der Waals surface area contributed by atoms with Gasteiger partial charge in [-0.15, -0.1) is 0 Å². The Kier molecular flexibility index (Phi) is 8.89. The maximum atomic E-state index is 12.0. The number of carboxylic acid groups (broad SMARTS) is 1. The van der Waals surface area contributed by atoms with E-state index >= 15 is 0 Å². The Balaban J connectivity index is 2.47. The zero-order chi connectivity index (χ0) is 16.2. The van der Waals surface area contributed by atoms with Crippen molar-refractivity contribution in [1.29, 1.82) is 0 Å². The maximum Gasteiger partial charge on any atom is 0.328 e. The highest BCUT2D eigenvalue weighted by Gasteiger charge is 2.08. The summed E-state index contributed by atoms with van der Waals surface area (Å²) in [4.78, 5) is 22.5. The third-order valence-electron chi connectivity index (χ3n) is 3.71. The summed E-state index contributed by atoms with van der Waals surface area (Å²) in [6.07, 6.45) is 11.6. The lowest BCUT2D eigenvalue weighted by molar-refractivity contribution is -0.131. The summed E-state index contributed by atoms with van der Waals surface area (Å²) in [7, 11) is 0. The number of carboxylic acids is 1. The van der Waals surface area contributed by atoms with Gasteiger partial charge in [0.1, 0.15) is 0 Å². The van der Waals surface area contributed by atoms with Crippen molar-refractivity contribution < 1.29 is 14.7 Å². The topological polar surface area (TPSA) is 54.4 Å². The zero-order valence-corrected chi connectivity index (χ0v) is 13.4. The van der Waals surface area contributed by atoms with Crippen molar-refractivity contribution in [2.45, 2.75) is 58.3 Å². The second-order valence-electron chi connectivity index (χ2n) is 5.56. The van der Waals surface area contributed by atoms with Crippen LogP contribution in [0.3, 0.4) is 0 Å². The van der Waals surface area contributed by atoms with Gasteiger partial charge in [-0.1, -0.05) is 69.7 Å². The maximum absolute atomic E-state index is 12.0. The summed E-state index contributed by atoms with van der Waals surface area (Å²) < 4.78 is 0. The van der Waals surface area contributed by atoms with Crippen LogP contribution < -0.4 is 0 Å². The monoisotopic (exact) mass is 302 g/mol. The fourth-order valence-electron chi connectivity index (χ4n) is 2.49. The summed E-state index contributed by atoms with van der Waals surface area (Å²) in [5, 5.41) is 8.60. The number of hydrogen-bond donors (Lipinski definition) is 1. The lowest BCUT2D eigenvalue weighted by atomic mass is 9.97. The summed E-state index contributed by atoms with van der Waals surface area (Å²) >= 11 is 0. The predicted octanol–water partition coefficient (Wildman–Crippen LogP) is 4.80. The molecule has 22 heavy (non-hydrogen) atoms. The van der Waals surface area contributed by atoms with Crippen LogP contribution in [0.2, 0.25) is 0 Å². The molecule has 1 aromatic carbocycles. The molecular formula is C19H26O3. The van der Waals surface area contributed by atoms with Gasteiger partial charge in [0.25, 0.3) is 0 Å². The minimum absolute atomic E-state index is 0.235. The standard InChI is InChI=1S/C19H26O3/c1-2-3-4-5-6-7-8-11-16-12-9-10-13-17(16)18(20)14-15-19(21)22/h9-10,12-15H,2-8,11H2,1H3,(H,21,22). The SMILES string of the molecule is CCCCCCCCCc1ccccc1C(=O)C=CC(=O)O. The minimum atomic E-state index is -1.10. The van der Waals surface area contributed by atoms with Crippen LogP contribution in [0, 0.1) is 0 Å². The number of unbranched alkanes of at least 4 members (excludes halogenated alkanes) is 6. The number of carbonyl (C=O) groups is 2. The highest BCUT2D eigenvalue weighted by molar-refractivity contribution is 6.07. The average Bonchev–Trinajstić information content (AvgIpc) is 2.52. The third-order valence-corrected chi connectivity index (χ3v) is 3.71. The number of hydrogen-bond acceptors (Lipinski definition) is 2. The molecule has 3 nitrogen and oxygen atoms in total. The molecule has 1 rings (SSSR count). The Morgan fingerprint density at radius 3 is 2.27 bits per heavy atom. The number of aryl methyl sites for hydroxylation is 1. The largest absolute Gasteiger partial charge is 0.478 e. The van der Waals surface area contributed by atoms with E-state index in [0.29, 0.717) is 5.56 Å². The molecule has 0 radical (unpaired) electrons. The highest BCUT2D eigenvalue weighted by atomic mass is 16.4. The summed E-state index contributed by atoms with van der Waals surface area (Å²) in [5.41, 5.74) is 1.63. The van der Waals surface area contributed by atoms with Crippen LogP contribution in [-0.4, -0.2) is 16.9 Å². The van der Waals surface area contributed by atoms with Gasteiger partial charge < -0.3 is 5.11 Å². The fourth-order valence-corrected chi connectivity index (χ4v) is 2.49. The third kappa shape index (κ3) is 7.21. The van der Waals surface area contributed by atoms with Crippen LogP contribution in [-0.2, 0) is 11.2 Å². The molecule has 0 heterocycles. The Morgan fingerprint density at radius 1 is 0.955 bits per heavy atom. The van der Waals surface area contributed by atoms with E-state index in [4.69, 9.17) is 5.11 Å². The quantitative estimate of drug-likeness (QED) is 0.363. The molecule has 0 aliphatic carbocycles. The van der Waals surface area contributed by atoms with Crippen molar-refractivity contribution in [1.82, 2.24) is 0 Å². The first-order valence-corrected chi connectivity index (χ1v) is 8.18. The predicted molar refractivity (Wildman–Crippen MR) is 89.2 cm³/mol. The molecule has 0 aliphatic rings. The van der Waals surface area contributed by atoms with Gasteiger partial charge in [0.05, 0.1) is 0 Å². The average molecular weight is 302 g/mol. The van der Waals surface area contributed by atoms with Crippen LogP contribution in [0.4, 0.5) is 0 Å². The van der Waals surface area contributed by atoms with Gasteiger partial charge >= 0.3 is 5.97 Å². The molecule has 0 atom stereocenters. The van der Waals surface area contributed by atoms with Crippen molar-refractivity contribution in [2.75, 3.05) is 0 Å². The summed E-state index contributed by atoms with van der Waals surface area (Å²) in [6.45, 7) is 2.22. The number of rotatable bonds is 11. The van der Waals surface area contributed by atoms with E-state index in [0.717, 1.165) is 30.6 Å². The van der Waals surface area contributed by atoms with Gasteiger partial charge in [0, 0.05) is 11.6 Å². The Hall–Kier alpha value is -1.90. The first-order chi connectivity index (χ1) is 10.6. The molecule has 3 heteroatoms. The molecule has 0 unspecified atom stereocenters. The van der Waals surface area contributed by atoms with E-state index < -0.39 is 5.97 Å². The molecule has 0 amide bonds. The molecule has 1 aromatic rings. The van der Waals surface area contributed by atoms with Gasteiger partial charge in [0.2, 0.25) is 0 Å². The van der Waals surface area contributed by atoms with Crippen molar-refractivity contribution in [3.8, 4) is 0 Å². The summed E-state index contributed by atoms with van der Waals surface area (Å²) in [6, 6.07) is 7.47. The molecule has 0 aromatic heterocycles. The molecule has 0 aliphatic heterocycles. The molecule has 0 bridgehead atoms. The number of carbonyl (C=O) groups excluding carboxylic acids is 1. The molecule has 0 spiro atoms. The second-order valence-corrected chi connectivity index (χ2v) is 5.56. The van der Waals surface area contributed by atoms with Crippen molar-refractivity contribution in [2.24, 2.45) is 0 Å². The molecule has 1 N–H and O–H groups in total. The number of allylic oxidation sites excluding steroid dienone is 1. The normalized spacial score (nSPS) is 11.0. The smallest absolute Gasteiger partial charge is 0.328 e. The molecule has 0 saturated carbocycles. The molecule has 120 valence electrons. The van der Waals surface area contributed by atoms with Gasteiger partial charge in [0.15, 0.2) is 5.78 Å². The number of benzene rings is 1. The molecule has 0 fully saturated rings. The zero-order valence-electron chi connectivity index (χ0n) is 13.4. The van der Waals surface area contributed by atoms with E-state index in [1.165, 1.54) is 38.5 Å². The van der Waals surface area contributed by atoms with E-state index in [-0.39, 0.29) is 5.78 Å². The van der Waals surface area contributed by atoms with Crippen molar-refractivity contribution in [3.63, 3.8) is 0 Å². The van der Waals surface area contributed by atoms with E-state index in [1.807, 2.05) is 18.2 Å². The lowest BCUT2D eigenvalue weighted by Gasteiger charge is -2.07. The van der Waals surface area contributed by atoms with Crippen molar-refractivity contribution in [3.05, 3.63) is 47.5 Å². The van der Waals surface area contributed by atoms with E-state index in [1.54, 1.807) is 6.07 Å². The summed E-state index contributed by atoms with van der Waals surface area (Å²) in [5.74, 6) is -1.33. The Bertz CT molecular complexity index is 503. The molecular weight excluding hydrogens is 276 g/mol. The molecule has 0 saturated heterocycles. The Labute approximate surface area is 133 Å². The van der Waals surface area contributed by atoms with Crippen LogP contribution in [0.15, 0.2) is 36.4 Å². The minimum Gasteiger partial charge on any atom is -0.478 e. The van der Waals surface area contributed by atoms with E-state index in [2.05, 4.69) is 6.92 Å². The van der Waals surface area contributed by atoms with Gasteiger partial charge in [-0.2, -0.15) is 0 Å². The second kappa shape index (κ2) is 10.8. The van der Waals surface area contributed by atoms with Crippen molar-refractivity contribution >= 4 is 11.8 Å². The number of ketones is 1. The first-order valence-electron chi connectivity index (χ1n) is 8.18. The highest BCUT2D eigenvalue weighted by Crippen LogP contribution is 2.15. The van der Waals surface area contributed by atoms with Crippen LogP contribution in [0.5, 0.6) is 0 Å². The Morgan fingerprint density at radius 2 is 1.59 bits per heavy atom. The number of aliphatic carboxylic acids is 1. The lowest BCUT2D eigenvalue weighted by Crippen LogP contribution is -2.02. The van der Waals surface area contributed by atoms with Gasteiger partial charge in [-0.25, -0.2) is 4.79 Å². The van der Waals surface area contributed by atoms with E-state index in [9.17, 15) is 9.59 Å². The van der Waals surface area contributed by atoms with Gasteiger partial charge in [-0.3, -0.25) is 4.79 Å². The first kappa shape index (κ1) is 18.1. The van der Waals surface area contributed by atoms with Crippen LogP contribution >= 0.6 is 0 Å². The van der Waals surface area contributed by atoms with Crippen LogP contribution in [0.25, 0.3) is 0 Å². The van der Waals surface area contributed by atoms with Gasteiger partial charge in [-0.05, 0) is 24.5 Å².